The zero-order chi connectivity index (χ0) is 7.49. The maximum Gasteiger partial charge on any atom is 0.431 e. The molecule has 0 fully saturated rings. The van der Waals surface area contributed by atoms with E-state index in [0.29, 0.717) is 0 Å². The molecule has 1 N–H and O–H groups in total. The molecular formula is C4H12BCl2NSi. The first-order chi connectivity index (χ1) is 3.92. The molecule has 0 spiro atoms. The zero-order valence-corrected chi connectivity index (χ0v) is 8.55. The molecule has 0 rings (SSSR count). The maximum atomic E-state index is 5.46. The maximum absolute atomic E-state index is 5.46. The fourth-order valence-corrected chi connectivity index (χ4v) is 1.61. The molecule has 0 aliphatic carbocycles. The molecule has 0 aliphatic rings. The minimum absolute atomic E-state index is 0.406. The summed E-state index contributed by atoms with van der Waals surface area (Å²) in [6, 6.07) is 0. The smallest absolute Gasteiger partial charge is 0.331 e. The molecule has 0 aromatic carbocycles. The number of hydrogen-bond acceptors (Lipinski definition) is 1. The van der Waals surface area contributed by atoms with Crippen molar-refractivity contribution in [3.05, 3.63) is 0 Å². The summed E-state index contributed by atoms with van der Waals surface area (Å²) in [6.45, 7) is 6.78. The zero-order valence-electron chi connectivity index (χ0n) is 6.04. The second-order valence-electron chi connectivity index (χ2n) is 3.24. The van der Waals surface area contributed by atoms with Crippen LogP contribution in [-0.4, -0.2) is 19.9 Å². The van der Waals surface area contributed by atoms with Gasteiger partial charge in [-0.05, 0) is 6.17 Å². The van der Waals surface area contributed by atoms with Crippen molar-refractivity contribution in [2.24, 2.45) is 0 Å². The Morgan fingerprint density at radius 2 is 1.78 bits per heavy atom. The van der Waals surface area contributed by atoms with Crippen LogP contribution in [0.15, 0.2) is 0 Å². The van der Waals surface area contributed by atoms with Gasteiger partial charge in [-0.15, -0.1) is 22.9 Å². The van der Waals surface area contributed by atoms with Crippen molar-refractivity contribution < 1.29 is 0 Å². The SMILES string of the molecule is C[Si](C)(C)CNB(Cl)Cl. The molecule has 0 aliphatic heterocycles. The van der Waals surface area contributed by atoms with Crippen LogP contribution in [0.5, 0.6) is 0 Å². The highest BCUT2D eigenvalue weighted by Crippen LogP contribution is 1.99. The van der Waals surface area contributed by atoms with Crippen molar-refractivity contribution in [3.8, 4) is 0 Å². The van der Waals surface area contributed by atoms with Crippen LogP contribution in [0.4, 0.5) is 0 Å². The molecule has 0 unspecified atom stereocenters. The van der Waals surface area contributed by atoms with Crippen LogP contribution in [0.1, 0.15) is 0 Å². The van der Waals surface area contributed by atoms with E-state index in [1.807, 2.05) is 0 Å². The Hall–Kier alpha value is 0.822. The molecule has 0 aromatic rings. The highest BCUT2D eigenvalue weighted by atomic mass is 35.5. The van der Waals surface area contributed by atoms with Gasteiger partial charge < -0.3 is 5.23 Å². The summed E-state index contributed by atoms with van der Waals surface area (Å²) in [7, 11) is -1.000. The molecule has 5 heteroatoms. The van der Waals surface area contributed by atoms with Gasteiger partial charge in [0, 0.05) is 0 Å². The first-order valence-corrected chi connectivity index (χ1v) is 7.51. The van der Waals surface area contributed by atoms with E-state index in [1.165, 1.54) is 0 Å². The molecule has 54 valence electrons. The van der Waals surface area contributed by atoms with Gasteiger partial charge in [-0.1, -0.05) is 19.6 Å². The van der Waals surface area contributed by atoms with Gasteiger partial charge in [-0.3, -0.25) is 0 Å². The van der Waals surface area contributed by atoms with Crippen LogP contribution in [0.3, 0.4) is 0 Å². The van der Waals surface area contributed by atoms with E-state index in [0.717, 1.165) is 6.17 Å². The van der Waals surface area contributed by atoms with Crippen LogP contribution in [0, 0.1) is 0 Å². The molecular weight excluding hydrogens is 172 g/mol. The van der Waals surface area contributed by atoms with E-state index in [-0.39, 0.29) is 0 Å². The highest BCUT2D eigenvalue weighted by molar-refractivity contribution is 7.32. The van der Waals surface area contributed by atoms with E-state index in [2.05, 4.69) is 24.9 Å². The molecule has 0 saturated carbocycles. The van der Waals surface area contributed by atoms with Gasteiger partial charge in [0.05, 0.1) is 8.07 Å². The van der Waals surface area contributed by atoms with Gasteiger partial charge in [0.25, 0.3) is 0 Å². The van der Waals surface area contributed by atoms with Crippen molar-refractivity contribution in [2.75, 3.05) is 6.17 Å². The Bertz CT molecular complexity index is 83.1. The van der Waals surface area contributed by atoms with Crippen molar-refractivity contribution in [1.82, 2.24) is 5.23 Å². The number of rotatable bonds is 3. The van der Waals surface area contributed by atoms with Crippen LogP contribution in [-0.2, 0) is 0 Å². The number of halogens is 2. The van der Waals surface area contributed by atoms with Gasteiger partial charge in [0.1, 0.15) is 0 Å². The second-order valence-corrected chi connectivity index (χ2v) is 9.81. The lowest BCUT2D eigenvalue weighted by molar-refractivity contribution is 1.13. The molecule has 0 radical (unpaired) electrons. The van der Waals surface area contributed by atoms with E-state index in [4.69, 9.17) is 22.9 Å². The van der Waals surface area contributed by atoms with Gasteiger partial charge >= 0.3 is 5.68 Å². The van der Waals surface area contributed by atoms with Gasteiger partial charge in [0.2, 0.25) is 0 Å². The normalized spacial score (nSPS) is 11.7. The first-order valence-electron chi connectivity index (χ1n) is 2.93. The standard InChI is InChI=1S/C4H12BCl2NSi/c1-9(2,3)4-8-5(6)7/h8H,4H2,1-3H3. The Balaban J connectivity index is 3.28. The predicted molar refractivity (Wildman–Crippen MR) is 48.8 cm³/mol. The monoisotopic (exact) mass is 183 g/mol. The van der Waals surface area contributed by atoms with Gasteiger partial charge in [0.15, 0.2) is 0 Å². The molecule has 0 aromatic heterocycles. The lowest BCUT2D eigenvalue weighted by atomic mass is 10.4. The Morgan fingerprint density at radius 1 is 1.33 bits per heavy atom. The van der Waals surface area contributed by atoms with E-state index >= 15 is 0 Å². The summed E-state index contributed by atoms with van der Waals surface area (Å²) in [5, 5.41) is 2.98. The quantitative estimate of drug-likeness (QED) is 0.660. The molecule has 0 saturated heterocycles. The third kappa shape index (κ3) is 8.82. The predicted octanol–water partition coefficient (Wildman–Crippen LogP) is 1.92. The Morgan fingerprint density at radius 3 is 1.89 bits per heavy atom. The van der Waals surface area contributed by atoms with Gasteiger partial charge in [-0.2, -0.15) is 0 Å². The topological polar surface area (TPSA) is 12.0 Å². The van der Waals surface area contributed by atoms with E-state index in [1.54, 1.807) is 0 Å². The fourth-order valence-electron chi connectivity index (χ4n) is 0.383. The van der Waals surface area contributed by atoms with Crippen molar-refractivity contribution in [2.45, 2.75) is 19.6 Å². The average Bonchev–Trinajstić information content (AvgIpc) is 1.59. The highest BCUT2D eigenvalue weighted by Gasteiger charge is 2.15. The van der Waals surface area contributed by atoms with Crippen LogP contribution < -0.4 is 5.23 Å². The molecule has 9 heavy (non-hydrogen) atoms. The molecule has 0 atom stereocenters. The van der Waals surface area contributed by atoms with E-state index in [9.17, 15) is 0 Å². The van der Waals surface area contributed by atoms with Crippen LogP contribution in [0.2, 0.25) is 19.6 Å². The molecule has 0 bridgehead atoms. The van der Waals surface area contributed by atoms with Crippen molar-refractivity contribution >= 4 is 36.7 Å². The molecule has 1 nitrogen and oxygen atoms in total. The lowest BCUT2D eigenvalue weighted by Crippen LogP contribution is -2.40. The number of hydrogen-bond donors (Lipinski definition) is 1. The number of nitrogens with one attached hydrogen (secondary N) is 1. The fraction of sp³-hybridized carbons (Fsp3) is 1.00. The van der Waals surface area contributed by atoms with Crippen molar-refractivity contribution in [1.29, 1.82) is 0 Å². The lowest BCUT2D eigenvalue weighted by Gasteiger charge is -2.15. The molecule has 0 heterocycles. The second kappa shape index (κ2) is 3.86. The first kappa shape index (κ1) is 9.82. The summed E-state index contributed by atoms with van der Waals surface area (Å²) in [6.07, 6.45) is 0.977. The summed E-state index contributed by atoms with van der Waals surface area (Å²) in [4.78, 5) is 0. The Labute approximate surface area is 68.0 Å². The summed E-state index contributed by atoms with van der Waals surface area (Å²) in [5.74, 6) is 0. The summed E-state index contributed by atoms with van der Waals surface area (Å²) < 4.78 is 0. The van der Waals surface area contributed by atoms with E-state index < -0.39 is 13.8 Å². The summed E-state index contributed by atoms with van der Waals surface area (Å²) >= 11 is 10.9. The summed E-state index contributed by atoms with van der Waals surface area (Å²) in [5.41, 5.74) is -0.406. The minimum atomic E-state index is -1.000. The largest absolute Gasteiger partial charge is 0.431 e. The molecule has 0 amide bonds. The Kier molecular flexibility index (Phi) is 4.21. The van der Waals surface area contributed by atoms with Crippen molar-refractivity contribution in [3.63, 3.8) is 0 Å². The minimum Gasteiger partial charge on any atom is -0.331 e. The van der Waals surface area contributed by atoms with Gasteiger partial charge in [-0.25, -0.2) is 0 Å². The average molecular weight is 184 g/mol. The third-order valence-electron chi connectivity index (χ3n) is 0.787. The van der Waals surface area contributed by atoms with Crippen LogP contribution in [0.25, 0.3) is 0 Å². The van der Waals surface area contributed by atoms with Crippen LogP contribution >= 0.6 is 22.9 Å². The third-order valence-corrected chi connectivity index (χ3v) is 2.36.